The van der Waals surface area contributed by atoms with E-state index < -0.39 is 0 Å². The van der Waals surface area contributed by atoms with Crippen molar-refractivity contribution in [3.63, 3.8) is 0 Å². The summed E-state index contributed by atoms with van der Waals surface area (Å²) in [6.07, 6.45) is 1.01. The second-order valence-electron chi connectivity index (χ2n) is 7.91. The van der Waals surface area contributed by atoms with Crippen molar-refractivity contribution in [3.05, 3.63) is 40.9 Å². The van der Waals surface area contributed by atoms with Gasteiger partial charge in [-0.3, -0.25) is 14.6 Å². The largest absolute Gasteiger partial charge is 0.327 e. The highest BCUT2D eigenvalue weighted by Gasteiger charge is 2.33. The quantitative estimate of drug-likeness (QED) is 0.889. The van der Waals surface area contributed by atoms with Crippen LogP contribution in [0.2, 0.25) is 0 Å². The van der Waals surface area contributed by atoms with E-state index in [1.54, 1.807) is 11.8 Å². The van der Waals surface area contributed by atoms with Gasteiger partial charge in [0.1, 0.15) is 0 Å². The minimum Gasteiger partial charge on any atom is -0.327 e. The molecule has 1 unspecified atom stereocenters. The number of nitrogens with two attached hydrogens (primary N) is 1. The number of rotatable bonds is 4. The van der Waals surface area contributed by atoms with Crippen molar-refractivity contribution in [1.82, 2.24) is 9.88 Å². The number of aromatic nitrogens is 1. The highest BCUT2D eigenvalue weighted by molar-refractivity contribution is 7.14. The van der Waals surface area contributed by atoms with E-state index in [1.165, 1.54) is 16.9 Å². The number of hydrogen-bond acceptors (Lipinski definition) is 5. The standard InChI is InChI=1S/C20H28N4OS/c1-14-5-7-17(8-6-14)24(15(2)25)19-22-16(12-26-19)11-23-10-9-18(21)20(3,4)13-23/h5-8,12,18H,9-11,13,21H2,1-4H3. The number of benzene rings is 1. The van der Waals surface area contributed by atoms with Gasteiger partial charge in [-0.1, -0.05) is 31.5 Å². The number of hydrogen-bond donors (Lipinski definition) is 1. The lowest BCUT2D eigenvalue weighted by atomic mass is 9.80. The second-order valence-corrected chi connectivity index (χ2v) is 8.74. The number of aryl methyl sites for hydroxylation is 1. The van der Waals surface area contributed by atoms with Gasteiger partial charge in [0.25, 0.3) is 0 Å². The molecule has 1 atom stereocenters. The van der Waals surface area contributed by atoms with Gasteiger partial charge in [-0.05, 0) is 30.9 Å². The Kier molecular flexibility index (Phi) is 5.46. The molecule has 1 aliphatic rings. The fraction of sp³-hybridized carbons (Fsp3) is 0.500. The number of carbonyl (C=O) groups is 1. The van der Waals surface area contributed by atoms with Gasteiger partial charge in [0, 0.05) is 38.0 Å². The summed E-state index contributed by atoms with van der Waals surface area (Å²) < 4.78 is 0. The fourth-order valence-electron chi connectivity index (χ4n) is 3.44. The average molecular weight is 373 g/mol. The van der Waals surface area contributed by atoms with E-state index in [0.717, 1.165) is 42.6 Å². The zero-order valence-corrected chi connectivity index (χ0v) is 16.8. The first-order chi connectivity index (χ1) is 12.3. The van der Waals surface area contributed by atoms with Crippen LogP contribution in [0.4, 0.5) is 10.8 Å². The van der Waals surface area contributed by atoms with Crippen LogP contribution in [-0.4, -0.2) is 34.9 Å². The molecule has 1 saturated heterocycles. The Bertz CT molecular complexity index is 768. The topological polar surface area (TPSA) is 62.5 Å². The van der Waals surface area contributed by atoms with E-state index in [2.05, 4.69) is 24.1 Å². The molecule has 0 spiro atoms. The van der Waals surface area contributed by atoms with Gasteiger partial charge in [0.05, 0.1) is 11.4 Å². The maximum atomic E-state index is 12.2. The van der Waals surface area contributed by atoms with E-state index in [1.807, 2.05) is 31.2 Å². The predicted octanol–water partition coefficient (Wildman–Crippen LogP) is 3.70. The third-order valence-corrected chi connectivity index (χ3v) is 5.99. The van der Waals surface area contributed by atoms with Crippen molar-refractivity contribution in [3.8, 4) is 0 Å². The molecule has 3 rings (SSSR count). The minimum absolute atomic E-state index is 0.0279. The van der Waals surface area contributed by atoms with Gasteiger partial charge in [-0.2, -0.15) is 0 Å². The van der Waals surface area contributed by atoms with Gasteiger partial charge in [-0.25, -0.2) is 4.98 Å². The number of likely N-dealkylation sites (tertiary alicyclic amines) is 1. The van der Waals surface area contributed by atoms with Gasteiger partial charge in [0.2, 0.25) is 5.91 Å². The molecular formula is C20H28N4OS. The third kappa shape index (κ3) is 4.14. The normalized spacial score (nSPS) is 20.1. The molecule has 0 radical (unpaired) electrons. The molecule has 2 N–H and O–H groups in total. The highest BCUT2D eigenvalue weighted by atomic mass is 32.1. The first kappa shape index (κ1) is 19.0. The molecule has 2 aromatic rings. The van der Waals surface area contributed by atoms with Crippen LogP contribution in [0.1, 0.15) is 38.4 Å². The van der Waals surface area contributed by atoms with Crippen LogP contribution >= 0.6 is 11.3 Å². The zero-order valence-electron chi connectivity index (χ0n) is 16.0. The highest BCUT2D eigenvalue weighted by Crippen LogP contribution is 2.31. The maximum Gasteiger partial charge on any atom is 0.230 e. The van der Waals surface area contributed by atoms with Gasteiger partial charge in [-0.15, -0.1) is 11.3 Å². The number of amides is 1. The molecule has 1 aromatic heterocycles. The van der Waals surface area contributed by atoms with Crippen molar-refractivity contribution in [2.24, 2.45) is 11.1 Å². The Labute approximate surface area is 159 Å². The Morgan fingerprint density at radius 1 is 1.38 bits per heavy atom. The number of nitrogens with zero attached hydrogens (tertiary/aromatic N) is 3. The summed E-state index contributed by atoms with van der Waals surface area (Å²) in [7, 11) is 0. The van der Waals surface area contributed by atoms with Crippen LogP contribution in [-0.2, 0) is 11.3 Å². The molecule has 5 nitrogen and oxygen atoms in total. The van der Waals surface area contributed by atoms with Crippen molar-refractivity contribution in [2.45, 2.75) is 46.7 Å². The van der Waals surface area contributed by atoms with Crippen LogP contribution in [0.5, 0.6) is 0 Å². The van der Waals surface area contributed by atoms with E-state index >= 15 is 0 Å². The van der Waals surface area contributed by atoms with E-state index in [-0.39, 0.29) is 17.4 Å². The Morgan fingerprint density at radius 2 is 2.08 bits per heavy atom. The predicted molar refractivity (Wildman–Crippen MR) is 108 cm³/mol. The smallest absolute Gasteiger partial charge is 0.230 e. The molecule has 26 heavy (non-hydrogen) atoms. The molecule has 0 bridgehead atoms. The van der Waals surface area contributed by atoms with Crippen molar-refractivity contribution in [2.75, 3.05) is 18.0 Å². The molecule has 1 aliphatic heterocycles. The summed E-state index contributed by atoms with van der Waals surface area (Å²) in [5, 5.41) is 2.78. The summed E-state index contributed by atoms with van der Waals surface area (Å²) in [5.41, 5.74) is 9.39. The molecule has 1 aromatic carbocycles. The van der Waals surface area contributed by atoms with E-state index in [9.17, 15) is 4.79 Å². The van der Waals surface area contributed by atoms with Crippen LogP contribution < -0.4 is 10.6 Å². The van der Waals surface area contributed by atoms with Crippen LogP contribution in [0.15, 0.2) is 29.6 Å². The fourth-order valence-corrected chi connectivity index (χ4v) is 4.32. The first-order valence-electron chi connectivity index (χ1n) is 9.06. The lowest BCUT2D eigenvalue weighted by Gasteiger charge is -2.42. The van der Waals surface area contributed by atoms with Crippen molar-refractivity contribution >= 4 is 28.1 Å². The van der Waals surface area contributed by atoms with Crippen molar-refractivity contribution in [1.29, 1.82) is 0 Å². The maximum absolute atomic E-state index is 12.2. The summed E-state index contributed by atoms with van der Waals surface area (Å²) in [6.45, 7) is 10.8. The Morgan fingerprint density at radius 3 is 2.69 bits per heavy atom. The summed E-state index contributed by atoms with van der Waals surface area (Å²) in [6, 6.07) is 8.20. The van der Waals surface area contributed by atoms with Gasteiger partial charge < -0.3 is 5.73 Å². The molecule has 6 heteroatoms. The molecule has 0 saturated carbocycles. The first-order valence-corrected chi connectivity index (χ1v) is 9.94. The Balaban J connectivity index is 1.75. The number of piperidine rings is 1. The lowest BCUT2D eigenvalue weighted by Crippen LogP contribution is -2.52. The monoisotopic (exact) mass is 372 g/mol. The lowest BCUT2D eigenvalue weighted by molar-refractivity contribution is -0.115. The van der Waals surface area contributed by atoms with Gasteiger partial charge in [0.15, 0.2) is 5.13 Å². The Hall–Kier alpha value is -1.76. The summed E-state index contributed by atoms with van der Waals surface area (Å²) in [4.78, 5) is 21.1. The molecule has 1 fully saturated rings. The third-order valence-electron chi connectivity index (χ3n) is 5.11. The minimum atomic E-state index is -0.0279. The second kappa shape index (κ2) is 7.47. The number of thiazole rings is 1. The van der Waals surface area contributed by atoms with E-state index in [0.29, 0.717) is 0 Å². The number of carbonyl (C=O) groups excluding carboxylic acids is 1. The molecule has 0 aliphatic carbocycles. The molecular weight excluding hydrogens is 344 g/mol. The van der Waals surface area contributed by atoms with E-state index in [4.69, 9.17) is 10.7 Å². The summed E-state index contributed by atoms with van der Waals surface area (Å²) >= 11 is 1.52. The van der Waals surface area contributed by atoms with Crippen LogP contribution in [0.3, 0.4) is 0 Å². The molecule has 2 heterocycles. The SMILES string of the molecule is CC(=O)N(c1ccc(C)cc1)c1nc(CN2CCC(N)C(C)(C)C2)cs1. The van der Waals surface area contributed by atoms with Crippen LogP contribution in [0.25, 0.3) is 0 Å². The summed E-state index contributed by atoms with van der Waals surface area (Å²) in [5.74, 6) is -0.0279. The average Bonchev–Trinajstić information content (AvgIpc) is 3.00. The molecule has 1 amide bonds. The zero-order chi connectivity index (χ0) is 18.9. The van der Waals surface area contributed by atoms with Crippen molar-refractivity contribution < 1.29 is 4.79 Å². The van der Waals surface area contributed by atoms with Crippen LogP contribution in [0, 0.1) is 12.3 Å². The van der Waals surface area contributed by atoms with Gasteiger partial charge >= 0.3 is 0 Å². The molecule has 140 valence electrons. The number of anilines is 2.